The van der Waals surface area contributed by atoms with Crippen LogP contribution in [0.3, 0.4) is 0 Å². The van der Waals surface area contributed by atoms with Gasteiger partial charge in [0.1, 0.15) is 12.4 Å². The standard InChI is InChI=1S/C27H31NO6/c1-5-33-22-13-11-20(17-21(22)18-34-25-9-7-6-8-23(25)30-2)27(29)28-15-14-19-10-12-24(31-3)26(16-19)32-4/h6-13,16-17H,5,14-15,18H2,1-4H3,(H,28,29). The van der Waals surface area contributed by atoms with Gasteiger partial charge in [-0.25, -0.2) is 0 Å². The van der Waals surface area contributed by atoms with Gasteiger partial charge in [-0.15, -0.1) is 0 Å². The van der Waals surface area contributed by atoms with E-state index in [2.05, 4.69) is 5.32 Å². The molecule has 34 heavy (non-hydrogen) atoms. The van der Waals surface area contributed by atoms with Gasteiger partial charge in [0, 0.05) is 17.7 Å². The second kappa shape index (κ2) is 12.4. The normalized spacial score (nSPS) is 10.4. The molecule has 0 unspecified atom stereocenters. The first-order valence-corrected chi connectivity index (χ1v) is 11.1. The van der Waals surface area contributed by atoms with E-state index < -0.39 is 0 Å². The fraction of sp³-hybridized carbons (Fsp3) is 0.296. The van der Waals surface area contributed by atoms with Crippen molar-refractivity contribution in [3.05, 3.63) is 77.4 Å². The number of rotatable bonds is 12. The Balaban J connectivity index is 1.66. The molecule has 0 bridgehead atoms. The van der Waals surface area contributed by atoms with E-state index >= 15 is 0 Å². The van der Waals surface area contributed by atoms with Crippen LogP contribution < -0.4 is 29.0 Å². The highest BCUT2D eigenvalue weighted by Crippen LogP contribution is 2.29. The molecule has 0 atom stereocenters. The monoisotopic (exact) mass is 465 g/mol. The summed E-state index contributed by atoms with van der Waals surface area (Å²) < 4.78 is 27.6. The van der Waals surface area contributed by atoms with Crippen LogP contribution in [0.4, 0.5) is 0 Å². The number of carbonyl (C=O) groups is 1. The van der Waals surface area contributed by atoms with Gasteiger partial charge in [0.2, 0.25) is 0 Å². The van der Waals surface area contributed by atoms with Gasteiger partial charge in [-0.05, 0) is 61.4 Å². The van der Waals surface area contributed by atoms with E-state index in [0.29, 0.717) is 53.9 Å². The van der Waals surface area contributed by atoms with Crippen LogP contribution in [0, 0.1) is 0 Å². The highest BCUT2D eigenvalue weighted by atomic mass is 16.5. The van der Waals surface area contributed by atoms with E-state index in [-0.39, 0.29) is 12.5 Å². The molecule has 7 nitrogen and oxygen atoms in total. The zero-order chi connectivity index (χ0) is 24.3. The maximum atomic E-state index is 12.8. The van der Waals surface area contributed by atoms with E-state index in [9.17, 15) is 4.79 Å². The van der Waals surface area contributed by atoms with Crippen molar-refractivity contribution >= 4 is 5.91 Å². The van der Waals surface area contributed by atoms with E-state index in [1.807, 2.05) is 49.4 Å². The maximum absolute atomic E-state index is 12.8. The molecule has 0 aliphatic heterocycles. The van der Waals surface area contributed by atoms with Crippen molar-refractivity contribution in [3.8, 4) is 28.7 Å². The van der Waals surface area contributed by atoms with Crippen molar-refractivity contribution in [1.82, 2.24) is 5.32 Å². The van der Waals surface area contributed by atoms with Crippen molar-refractivity contribution < 1.29 is 28.5 Å². The Hall–Kier alpha value is -3.87. The largest absolute Gasteiger partial charge is 0.493 e. The number of amides is 1. The zero-order valence-corrected chi connectivity index (χ0v) is 20.1. The molecule has 0 aliphatic carbocycles. The quantitative estimate of drug-likeness (QED) is 0.419. The summed E-state index contributed by atoms with van der Waals surface area (Å²) in [7, 11) is 4.80. The number of hydrogen-bond donors (Lipinski definition) is 1. The molecule has 0 saturated heterocycles. The van der Waals surface area contributed by atoms with Gasteiger partial charge in [-0.3, -0.25) is 4.79 Å². The summed E-state index contributed by atoms with van der Waals surface area (Å²) in [5.41, 5.74) is 2.35. The molecular weight excluding hydrogens is 434 g/mol. The van der Waals surface area contributed by atoms with Crippen molar-refractivity contribution in [2.75, 3.05) is 34.5 Å². The molecular formula is C27H31NO6. The topological polar surface area (TPSA) is 75.3 Å². The van der Waals surface area contributed by atoms with Gasteiger partial charge >= 0.3 is 0 Å². The molecule has 0 aromatic heterocycles. The molecule has 3 aromatic rings. The van der Waals surface area contributed by atoms with Gasteiger partial charge in [0.15, 0.2) is 23.0 Å². The Bertz CT molecular complexity index is 1100. The first kappa shape index (κ1) is 24.8. The fourth-order valence-corrected chi connectivity index (χ4v) is 3.48. The third kappa shape index (κ3) is 6.34. The van der Waals surface area contributed by atoms with Crippen LogP contribution in [0.25, 0.3) is 0 Å². The van der Waals surface area contributed by atoms with Gasteiger partial charge in [0.25, 0.3) is 5.91 Å². The highest BCUT2D eigenvalue weighted by Gasteiger charge is 2.13. The zero-order valence-electron chi connectivity index (χ0n) is 20.1. The first-order valence-electron chi connectivity index (χ1n) is 11.1. The minimum absolute atomic E-state index is 0.165. The number of nitrogens with one attached hydrogen (secondary N) is 1. The minimum atomic E-state index is -0.165. The van der Waals surface area contributed by atoms with Gasteiger partial charge in [0.05, 0.1) is 27.9 Å². The predicted octanol–water partition coefficient (Wildman–Crippen LogP) is 4.66. The molecule has 0 fully saturated rings. The van der Waals surface area contributed by atoms with Crippen LogP contribution in [0.5, 0.6) is 28.7 Å². The number of ether oxygens (including phenoxy) is 5. The predicted molar refractivity (Wildman–Crippen MR) is 131 cm³/mol. The number of methoxy groups -OCH3 is 3. The summed E-state index contributed by atoms with van der Waals surface area (Å²) in [6.45, 7) is 3.15. The third-order valence-corrected chi connectivity index (χ3v) is 5.22. The third-order valence-electron chi connectivity index (χ3n) is 5.22. The average Bonchev–Trinajstić information content (AvgIpc) is 2.88. The van der Waals surface area contributed by atoms with Crippen molar-refractivity contribution in [2.24, 2.45) is 0 Å². The molecule has 0 aliphatic rings. The minimum Gasteiger partial charge on any atom is -0.493 e. The second-order valence-electron chi connectivity index (χ2n) is 7.39. The smallest absolute Gasteiger partial charge is 0.251 e. The summed E-state index contributed by atoms with van der Waals surface area (Å²) in [6, 6.07) is 18.5. The lowest BCUT2D eigenvalue weighted by molar-refractivity contribution is 0.0954. The summed E-state index contributed by atoms with van der Waals surface area (Å²) in [6.07, 6.45) is 0.660. The van der Waals surface area contributed by atoms with Crippen LogP contribution in [0.2, 0.25) is 0 Å². The highest BCUT2D eigenvalue weighted by molar-refractivity contribution is 5.94. The number of hydrogen-bond acceptors (Lipinski definition) is 6. The molecule has 1 N–H and O–H groups in total. The lowest BCUT2D eigenvalue weighted by Gasteiger charge is -2.15. The maximum Gasteiger partial charge on any atom is 0.251 e. The van der Waals surface area contributed by atoms with Gasteiger partial charge < -0.3 is 29.0 Å². The number of carbonyl (C=O) groups excluding carboxylic acids is 1. The van der Waals surface area contributed by atoms with Crippen molar-refractivity contribution in [1.29, 1.82) is 0 Å². The average molecular weight is 466 g/mol. The molecule has 180 valence electrons. The Labute approximate surface area is 200 Å². The fourth-order valence-electron chi connectivity index (χ4n) is 3.48. The van der Waals surface area contributed by atoms with Crippen LogP contribution in [-0.4, -0.2) is 40.4 Å². The molecule has 1 amide bonds. The Morgan fingerprint density at radius 3 is 2.15 bits per heavy atom. The molecule has 0 saturated carbocycles. The van der Waals surface area contributed by atoms with Crippen molar-refractivity contribution in [2.45, 2.75) is 20.0 Å². The molecule has 3 rings (SSSR count). The first-order chi connectivity index (χ1) is 16.6. The van der Waals surface area contributed by atoms with Crippen molar-refractivity contribution in [3.63, 3.8) is 0 Å². The van der Waals surface area contributed by atoms with Gasteiger partial charge in [-0.2, -0.15) is 0 Å². The summed E-state index contributed by atoms with van der Waals surface area (Å²) in [5, 5.41) is 2.97. The van der Waals surface area contributed by atoms with Crippen LogP contribution in [-0.2, 0) is 13.0 Å². The van der Waals surface area contributed by atoms with E-state index in [1.54, 1.807) is 39.5 Å². The van der Waals surface area contributed by atoms with Crippen LogP contribution >= 0.6 is 0 Å². The molecule has 0 spiro atoms. The second-order valence-corrected chi connectivity index (χ2v) is 7.39. The Morgan fingerprint density at radius 2 is 1.44 bits per heavy atom. The Morgan fingerprint density at radius 1 is 0.765 bits per heavy atom. The van der Waals surface area contributed by atoms with E-state index in [0.717, 1.165) is 11.1 Å². The van der Waals surface area contributed by atoms with E-state index in [4.69, 9.17) is 23.7 Å². The lowest BCUT2D eigenvalue weighted by atomic mass is 10.1. The molecule has 7 heteroatoms. The van der Waals surface area contributed by atoms with E-state index in [1.165, 1.54) is 0 Å². The Kier molecular flexibility index (Phi) is 9.03. The molecule has 3 aromatic carbocycles. The summed E-state index contributed by atoms with van der Waals surface area (Å²) in [5.74, 6) is 3.12. The van der Waals surface area contributed by atoms with Crippen LogP contribution in [0.1, 0.15) is 28.4 Å². The lowest BCUT2D eigenvalue weighted by Crippen LogP contribution is -2.25. The number of benzene rings is 3. The number of para-hydroxylation sites is 2. The summed E-state index contributed by atoms with van der Waals surface area (Å²) in [4.78, 5) is 12.8. The SMILES string of the molecule is CCOc1ccc(C(=O)NCCc2ccc(OC)c(OC)c2)cc1COc1ccccc1OC. The van der Waals surface area contributed by atoms with Crippen LogP contribution in [0.15, 0.2) is 60.7 Å². The molecule has 0 radical (unpaired) electrons. The summed E-state index contributed by atoms with van der Waals surface area (Å²) >= 11 is 0. The molecule has 0 heterocycles. The van der Waals surface area contributed by atoms with Gasteiger partial charge in [-0.1, -0.05) is 18.2 Å².